The zero-order chi connectivity index (χ0) is 17.9. The van der Waals surface area contributed by atoms with Crippen LogP contribution in [0.15, 0.2) is 65.8 Å². The topological polar surface area (TPSA) is 46.5 Å². The van der Waals surface area contributed by atoms with E-state index in [2.05, 4.69) is 39.8 Å². The van der Waals surface area contributed by atoms with Gasteiger partial charge in [-0.25, -0.2) is 4.98 Å². The highest BCUT2D eigenvalue weighted by Crippen LogP contribution is 2.28. The molecule has 0 fully saturated rings. The van der Waals surface area contributed by atoms with Crippen LogP contribution in [0.3, 0.4) is 0 Å². The number of nitrogens with one attached hydrogen (secondary N) is 1. The summed E-state index contributed by atoms with van der Waals surface area (Å²) in [6.45, 7) is 4.05. The molecule has 4 nitrogen and oxygen atoms in total. The van der Waals surface area contributed by atoms with E-state index >= 15 is 0 Å². The molecule has 1 aromatic heterocycles. The van der Waals surface area contributed by atoms with Crippen molar-refractivity contribution in [2.24, 2.45) is 5.10 Å². The third-order valence-corrected chi connectivity index (χ3v) is 4.88. The fourth-order valence-electron chi connectivity index (χ4n) is 2.84. The van der Waals surface area contributed by atoms with Crippen LogP contribution in [-0.4, -0.2) is 17.3 Å². The Bertz CT molecular complexity index is 1050. The molecule has 1 N–H and O–H groups in total. The van der Waals surface area contributed by atoms with E-state index in [0.29, 0.717) is 0 Å². The van der Waals surface area contributed by atoms with Crippen molar-refractivity contribution in [3.05, 3.63) is 66.2 Å². The van der Waals surface area contributed by atoms with E-state index in [1.807, 2.05) is 56.5 Å². The van der Waals surface area contributed by atoms with Gasteiger partial charge in [-0.2, -0.15) is 5.10 Å². The highest BCUT2D eigenvalue weighted by molar-refractivity contribution is 7.22. The maximum Gasteiger partial charge on any atom is 0.204 e. The van der Waals surface area contributed by atoms with Gasteiger partial charge in [0.15, 0.2) is 0 Å². The molecule has 0 unspecified atom stereocenters. The molecule has 4 aromatic rings. The zero-order valence-corrected chi connectivity index (χ0v) is 15.5. The first-order valence-electron chi connectivity index (χ1n) is 8.54. The number of benzene rings is 3. The van der Waals surface area contributed by atoms with E-state index in [1.165, 1.54) is 0 Å². The minimum Gasteiger partial charge on any atom is -0.490 e. The van der Waals surface area contributed by atoms with E-state index in [0.717, 1.165) is 37.4 Å². The number of hydrogen-bond donors (Lipinski definition) is 1. The Morgan fingerprint density at radius 2 is 1.85 bits per heavy atom. The molecule has 5 heteroatoms. The quantitative estimate of drug-likeness (QED) is 0.367. The molecule has 0 aliphatic carbocycles. The van der Waals surface area contributed by atoms with Gasteiger partial charge in [0.05, 0.1) is 22.5 Å². The lowest BCUT2D eigenvalue weighted by molar-refractivity contribution is 0.242. The molecule has 0 radical (unpaired) electrons. The van der Waals surface area contributed by atoms with Crippen LogP contribution in [0.2, 0.25) is 0 Å². The summed E-state index contributed by atoms with van der Waals surface area (Å²) in [4.78, 5) is 4.54. The molecule has 4 rings (SSSR count). The van der Waals surface area contributed by atoms with E-state index in [4.69, 9.17) is 4.74 Å². The average molecular weight is 361 g/mol. The van der Waals surface area contributed by atoms with Crippen molar-refractivity contribution < 1.29 is 4.74 Å². The molecule has 0 bridgehead atoms. The van der Waals surface area contributed by atoms with E-state index in [-0.39, 0.29) is 6.10 Å². The lowest BCUT2D eigenvalue weighted by Crippen LogP contribution is -2.08. The smallest absolute Gasteiger partial charge is 0.204 e. The summed E-state index contributed by atoms with van der Waals surface area (Å²) < 4.78 is 7.11. The van der Waals surface area contributed by atoms with Crippen molar-refractivity contribution in [2.75, 3.05) is 5.43 Å². The first-order valence-corrected chi connectivity index (χ1v) is 9.35. The molecule has 0 amide bonds. The van der Waals surface area contributed by atoms with Crippen LogP contribution in [0.5, 0.6) is 5.75 Å². The summed E-state index contributed by atoms with van der Waals surface area (Å²) >= 11 is 1.58. The van der Waals surface area contributed by atoms with Crippen LogP contribution >= 0.6 is 11.3 Å². The predicted molar refractivity (Wildman–Crippen MR) is 111 cm³/mol. The molecule has 3 aromatic carbocycles. The Hall–Kier alpha value is -2.92. The second kappa shape index (κ2) is 7.14. The lowest BCUT2D eigenvalue weighted by atomic mass is 10.0. The highest BCUT2D eigenvalue weighted by atomic mass is 32.1. The Labute approximate surface area is 156 Å². The second-order valence-electron chi connectivity index (χ2n) is 6.22. The first-order chi connectivity index (χ1) is 12.7. The Kier molecular flexibility index (Phi) is 4.54. The number of hydrazone groups is 1. The van der Waals surface area contributed by atoms with Crippen LogP contribution in [-0.2, 0) is 0 Å². The molecule has 1 heterocycles. The van der Waals surface area contributed by atoms with Crippen molar-refractivity contribution in [1.29, 1.82) is 0 Å². The number of hydrogen-bond acceptors (Lipinski definition) is 5. The Morgan fingerprint density at radius 1 is 1.04 bits per heavy atom. The monoisotopic (exact) mass is 361 g/mol. The number of aromatic nitrogens is 1. The van der Waals surface area contributed by atoms with Crippen molar-refractivity contribution >= 4 is 43.7 Å². The van der Waals surface area contributed by atoms with E-state index in [1.54, 1.807) is 11.3 Å². The third-order valence-electron chi connectivity index (χ3n) is 3.94. The minimum absolute atomic E-state index is 0.0977. The Morgan fingerprint density at radius 3 is 2.69 bits per heavy atom. The molecule has 0 atom stereocenters. The molecule has 0 aliphatic rings. The Balaban J connectivity index is 1.67. The minimum atomic E-state index is 0.0977. The van der Waals surface area contributed by atoms with Gasteiger partial charge in [-0.1, -0.05) is 53.8 Å². The molecule has 26 heavy (non-hydrogen) atoms. The second-order valence-corrected chi connectivity index (χ2v) is 7.25. The number of thiazole rings is 1. The van der Waals surface area contributed by atoms with Gasteiger partial charge >= 0.3 is 0 Å². The van der Waals surface area contributed by atoms with E-state index in [9.17, 15) is 0 Å². The summed E-state index contributed by atoms with van der Waals surface area (Å²) in [5.74, 6) is 0.827. The first kappa shape index (κ1) is 16.5. The fourth-order valence-corrected chi connectivity index (χ4v) is 3.65. The van der Waals surface area contributed by atoms with E-state index < -0.39 is 0 Å². The largest absolute Gasteiger partial charge is 0.490 e. The summed E-state index contributed by atoms with van der Waals surface area (Å²) in [5, 5.41) is 7.46. The zero-order valence-electron chi connectivity index (χ0n) is 14.6. The van der Waals surface area contributed by atoms with Gasteiger partial charge in [-0.05, 0) is 42.8 Å². The molecular weight excluding hydrogens is 342 g/mol. The standard InChI is InChI=1S/C21H19N3OS/c1-14(2)25-19-12-11-15-7-3-4-8-16(15)17(19)13-22-24-21-23-18-9-5-6-10-20(18)26-21/h3-14H,1-2H3,(H,23,24)/b22-13-. The van der Waals surface area contributed by atoms with Gasteiger partial charge in [-0.15, -0.1) is 0 Å². The molecule has 0 saturated carbocycles. The summed E-state index contributed by atoms with van der Waals surface area (Å²) in [5.41, 5.74) is 4.99. The number of rotatable bonds is 5. The normalized spacial score (nSPS) is 11.7. The summed E-state index contributed by atoms with van der Waals surface area (Å²) in [6, 6.07) is 20.4. The maximum absolute atomic E-state index is 5.97. The number of nitrogens with zero attached hydrogens (tertiary/aromatic N) is 2. The van der Waals surface area contributed by atoms with Gasteiger partial charge in [0, 0.05) is 5.56 Å². The van der Waals surface area contributed by atoms with Crippen molar-refractivity contribution in [2.45, 2.75) is 20.0 Å². The van der Waals surface area contributed by atoms with Crippen LogP contribution < -0.4 is 10.2 Å². The van der Waals surface area contributed by atoms with Gasteiger partial charge in [-0.3, -0.25) is 5.43 Å². The molecular formula is C21H19N3OS. The number of para-hydroxylation sites is 1. The van der Waals surface area contributed by atoms with Crippen molar-refractivity contribution in [3.8, 4) is 5.75 Å². The summed E-state index contributed by atoms with van der Waals surface area (Å²) in [6.07, 6.45) is 1.91. The fraction of sp³-hybridized carbons (Fsp3) is 0.143. The number of ether oxygens (including phenoxy) is 1. The summed E-state index contributed by atoms with van der Waals surface area (Å²) in [7, 11) is 0. The van der Waals surface area contributed by atoms with Gasteiger partial charge in [0.25, 0.3) is 0 Å². The maximum atomic E-state index is 5.97. The molecule has 0 aliphatic heterocycles. The predicted octanol–water partition coefficient (Wildman–Crippen LogP) is 5.68. The molecule has 130 valence electrons. The van der Waals surface area contributed by atoms with Crippen molar-refractivity contribution in [1.82, 2.24) is 4.98 Å². The molecule has 0 spiro atoms. The number of fused-ring (bicyclic) bond motifs is 2. The van der Waals surface area contributed by atoms with Gasteiger partial charge in [0.2, 0.25) is 5.13 Å². The highest BCUT2D eigenvalue weighted by Gasteiger charge is 2.09. The van der Waals surface area contributed by atoms with Crippen LogP contribution in [0, 0.1) is 0 Å². The average Bonchev–Trinajstić information content (AvgIpc) is 3.05. The van der Waals surface area contributed by atoms with Crippen LogP contribution in [0.25, 0.3) is 21.0 Å². The van der Waals surface area contributed by atoms with Crippen molar-refractivity contribution in [3.63, 3.8) is 0 Å². The van der Waals surface area contributed by atoms with Gasteiger partial charge < -0.3 is 4.74 Å². The third kappa shape index (κ3) is 3.39. The molecule has 0 saturated heterocycles. The lowest BCUT2D eigenvalue weighted by Gasteiger charge is -2.14. The SMILES string of the molecule is CC(C)Oc1ccc2ccccc2c1/C=N\Nc1nc2ccccc2s1. The van der Waals surface area contributed by atoms with Gasteiger partial charge in [0.1, 0.15) is 5.75 Å². The number of anilines is 1. The van der Waals surface area contributed by atoms with Crippen LogP contribution in [0.1, 0.15) is 19.4 Å². The van der Waals surface area contributed by atoms with Crippen LogP contribution in [0.4, 0.5) is 5.13 Å².